The van der Waals surface area contributed by atoms with Crippen molar-refractivity contribution in [3.05, 3.63) is 90.6 Å². The Hall–Kier alpha value is -4.94. The van der Waals surface area contributed by atoms with Gasteiger partial charge in [-0.3, -0.25) is 33.1 Å². The molecule has 5 heterocycles. The number of aromatic nitrogens is 3. The number of hydrogen-bond acceptors (Lipinski definition) is 7. The van der Waals surface area contributed by atoms with Crippen molar-refractivity contribution in [1.29, 1.82) is 0 Å². The van der Waals surface area contributed by atoms with Crippen molar-refractivity contribution >= 4 is 29.1 Å². The molecular formula is C32H37N7O6. The van der Waals surface area contributed by atoms with Crippen molar-refractivity contribution in [3.63, 3.8) is 0 Å². The van der Waals surface area contributed by atoms with Gasteiger partial charge in [0.25, 0.3) is 11.1 Å². The Morgan fingerprint density at radius 3 is 2.51 bits per heavy atom. The fraction of sp³-hybridized carbons (Fsp3) is 0.438. The maximum Gasteiger partial charge on any atom is 0.330 e. The summed E-state index contributed by atoms with van der Waals surface area (Å²) < 4.78 is 4.14. The number of hydrogen-bond donors (Lipinski definition) is 3. The number of carbonyl (C=O) groups excluding carboxylic acids is 3. The zero-order valence-corrected chi connectivity index (χ0v) is 25.5. The third-order valence-corrected chi connectivity index (χ3v) is 9.36. The molecule has 1 fully saturated rings. The first-order valence-electron chi connectivity index (χ1n) is 15.2. The van der Waals surface area contributed by atoms with Crippen LogP contribution in [-0.2, 0) is 48.0 Å². The second kappa shape index (κ2) is 11.9. The van der Waals surface area contributed by atoms with Gasteiger partial charge in [0.05, 0.1) is 12.5 Å². The van der Waals surface area contributed by atoms with Crippen molar-refractivity contribution in [3.8, 4) is 0 Å². The van der Waals surface area contributed by atoms with Crippen LogP contribution in [0, 0.1) is 11.8 Å². The van der Waals surface area contributed by atoms with Gasteiger partial charge in [-0.2, -0.15) is 0 Å². The smallest absolute Gasteiger partial charge is 0.330 e. The molecule has 3 N–H and O–H groups in total. The van der Waals surface area contributed by atoms with Crippen LogP contribution in [0.3, 0.4) is 0 Å². The number of anilines is 2. The van der Waals surface area contributed by atoms with Crippen molar-refractivity contribution < 1.29 is 14.4 Å². The Bertz CT molecular complexity index is 1870. The molecule has 0 aliphatic carbocycles. The minimum atomic E-state index is -0.481. The number of amides is 3. The quantitative estimate of drug-likeness (QED) is 0.343. The third-order valence-electron chi connectivity index (χ3n) is 9.36. The second-order valence-electron chi connectivity index (χ2n) is 12.3. The van der Waals surface area contributed by atoms with Crippen molar-refractivity contribution in [2.75, 3.05) is 23.3 Å². The van der Waals surface area contributed by atoms with E-state index in [1.165, 1.54) is 31.7 Å². The van der Waals surface area contributed by atoms with Crippen LogP contribution < -0.4 is 37.7 Å². The van der Waals surface area contributed by atoms with E-state index >= 15 is 0 Å². The molecule has 0 saturated carbocycles. The van der Waals surface area contributed by atoms with Gasteiger partial charge in [0.1, 0.15) is 0 Å². The minimum Gasteiger partial charge on any atom is -0.366 e. The van der Waals surface area contributed by atoms with Crippen LogP contribution in [0.1, 0.15) is 42.6 Å². The molecule has 6 rings (SSSR count). The van der Waals surface area contributed by atoms with E-state index in [1.54, 1.807) is 12.1 Å². The van der Waals surface area contributed by atoms with E-state index in [2.05, 4.69) is 20.9 Å². The minimum absolute atomic E-state index is 0.00327. The molecule has 3 aromatic rings. The van der Waals surface area contributed by atoms with Crippen molar-refractivity contribution in [1.82, 2.24) is 24.3 Å². The molecule has 13 heteroatoms. The lowest BCUT2D eigenvalue weighted by molar-refractivity contribution is -0.126. The molecule has 3 aliphatic rings. The Kier molecular flexibility index (Phi) is 7.94. The Labute approximate surface area is 258 Å². The fourth-order valence-corrected chi connectivity index (χ4v) is 7.26. The van der Waals surface area contributed by atoms with Crippen LogP contribution in [0.5, 0.6) is 0 Å². The van der Waals surface area contributed by atoms with Crippen LogP contribution in [-0.4, -0.2) is 50.6 Å². The number of fused-ring (bicyclic) bond motifs is 8. The molecule has 2 aromatic heterocycles. The number of piperidine rings is 1. The highest BCUT2D eigenvalue weighted by Gasteiger charge is 2.49. The summed E-state index contributed by atoms with van der Waals surface area (Å²) in [5.41, 5.74) is 3.00. The maximum absolute atomic E-state index is 13.9. The molecule has 4 atom stereocenters. The van der Waals surface area contributed by atoms with Gasteiger partial charge in [0.15, 0.2) is 0 Å². The lowest BCUT2D eigenvalue weighted by Gasteiger charge is -2.54. The van der Waals surface area contributed by atoms with Gasteiger partial charge in [-0.15, -0.1) is 0 Å². The topological polar surface area (TPSA) is 157 Å². The number of nitrogens with one attached hydrogen (secondary N) is 3. The summed E-state index contributed by atoms with van der Waals surface area (Å²) in [6, 6.07) is 12.3. The summed E-state index contributed by atoms with van der Waals surface area (Å²) in [6.45, 7) is 2.89. The first-order chi connectivity index (χ1) is 21.5. The van der Waals surface area contributed by atoms with Crippen molar-refractivity contribution in [2.45, 2.75) is 51.2 Å². The second-order valence-corrected chi connectivity index (χ2v) is 12.3. The van der Waals surface area contributed by atoms with Gasteiger partial charge < -0.3 is 25.4 Å². The average Bonchev–Trinajstić information content (AvgIpc) is 3.00. The summed E-state index contributed by atoms with van der Waals surface area (Å²) in [5.74, 6) is -0.939. The molecule has 3 amide bonds. The van der Waals surface area contributed by atoms with Crippen LogP contribution in [0.25, 0.3) is 0 Å². The summed E-state index contributed by atoms with van der Waals surface area (Å²) in [5, 5.41) is 8.52. The lowest BCUT2D eigenvalue weighted by atomic mass is 9.69. The Morgan fingerprint density at radius 2 is 1.73 bits per heavy atom. The highest BCUT2D eigenvalue weighted by atomic mass is 16.2. The molecule has 2 bridgehead atoms. The van der Waals surface area contributed by atoms with Gasteiger partial charge >= 0.3 is 5.69 Å². The van der Waals surface area contributed by atoms with E-state index in [4.69, 9.17) is 0 Å². The molecular weight excluding hydrogens is 578 g/mol. The molecule has 0 spiro atoms. The highest BCUT2D eigenvalue weighted by Crippen LogP contribution is 2.48. The van der Waals surface area contributed by atoms with Crippen LogP contribution in [0.15, 0.2) is 56.8 Å². The number of pyridine rings is 1. The van der Waals surface area contributed by atoms with Crippen LogP contribution >= 0.6 is 0 Å². The van der Waals surface area contributed by atoms with Crippen LogP contribution in [0.4, 0.5) is 11.4 Å². The predicted molar refractivity (Wildman–Crippen MR) is 167 cm³/mol. The Morgan fingerprint density at radius 1 is 0.933 bits per heavy atom. The molecule has 3 aliphatic heterocycles. The highest BCUT2D eigenvalue weighted by molar-refractivity contribution is 5.89. The molecule has 4 unspecified atom stereocenters. The van der Waals surface area contributed by atoms with Gasteiger partial charge in [0.2, 0.25) is 17.7 Å². The lowest BCUT2D eigenvalue weighted by Crippen LogP contribution is -2.60. The number of carbonyl (C=O) groups is 3. The van der Waals surface area contributed by atoms with Crippen LogP contribution in [0.2, 0.25) is 0 Å². The number of benzene rings is 1. The molecule has 45 heavy (non-hydrogen) atoms. The largest absolute Gasteiger partial charge is 0.366 e. The van der Waals surface area contributed by atoms with Gasteiger partial charge in [-0.05, 0) is 48.6 Å². The Balaban J connectivity index is 1.20. The first kappa shape index (κ1) is 30.1. The zero-order valence-electron chi connectivity index (χ0n) is 25.5. The van der Waals surface area contributed by atoms with Crippen molar-refractivity contribution in [2.24, 2.45) is 25.9 Å². The van der Waals surface area contributed by atoms with E-state index in [-0.39, 0.29) is 60.7 Å². The molecule has 0 radical (unpaired) electrons. The molecule has 1 saturated heterocycles. The first-order valence-corrected chi connectivity index (χ1v) is 15.2. The van der Waals surface area contributed by atoms with Gasteiger partial charge in [0, 0.05) is 93.9 Å². The average molecular weight is 616 g/mol. The van der Waals surface area contributed by atoms with E-state index in [1.807, 2.05) is 28.8 Å². The summed E-state index contributed by atoms with van der Waals surface area (Å²) in [7, 11) is 2.92. The maximum atomic E-state index is 13.9. The van der Waals surface area contributed by atoms with Gasteiger partial charge in [-0.1, -0.05) is 6.07 Å². The standard InChI is InChI=1S/C32H37N7O6/c1-18(40)35-21-7-8-25-20(12-21)13-24(30-23-11-19(17-39(25)30)16-38-26(23)5-4-6-28(38)42)31(44)33-10-9-27(41)34-15-22-14-29(43)37(3)32(45)36(22)2/h4-8,12,14,19,23-24,30H,9-11,13,15-17H2,1-3H3,(H,33,44)(H,34,41)(H,35,40). The van der Waals surface area contributed by atoms with E-state index < -0.39 is 17.2 Å². The normalized spacial score (nSPS) is 21.2. The van der Waals surface area contributed by atoms with E-state index in [9.17, 15) is 28.8 Å². The summed E-state index contributed by atoms with van der Waals surface area (Å²) in [4.78, 5) is 77.5. The monoisotopic (exact) mass is 615 g/mol. The summed E-state index contributed by atoms with van der Waals surface area (Å²) in [6.07, 6.45) is 1.33. The van der Waals surface area contributed by atoms with E-state index in [0.29, 0.717) is 30.9 Å². The zero-order chi connectivity index (χ0) is 32.0. The number of rotatable bonds is 7. The summed E-state index contributed by atoms with van der Waals surface area (Å²) >= 11 is 0. The molecule has 1 aromatic carbocycles. The molecule has 13 nitrogen and oxygen atoms in total. The molecule has 236 valence electrons. The predicted octanol–water partition coefficient (Wildman–Crippen LogP) is 0.191. The SMILES string of the molecule is CC(=O)Nc1ccc2c(c1)CC(C(=O)NCCC(=O)NCc1cc(=O)n(C)c(=O)n1C)C1C3CC(CN21)Cn1c3cccc1=O. The third kappa shape index (κ3) is 5.69. The van der Waals surface area contributed by atoms with Gasteiger partial charge in [-0.25, -0.2) is 4.79 Å². The fourth-order valence-electron chi connectivity index (χ4n) is 7.26. The van der Waals surface area contributed by atoms with E-state index in [0.717, 1.165) is 27.9 Å². The number of nitrogens with zero attached hydrogens (tertiary/aromatic N) is 4.